The molecule has 0 aliphatic carbocycles. The summed E-state index contributed by atoms with van der Waals surface area (Å²) < 4.78 is 0. The van der Waals surface area contributed by atoms with Crippen LogP contribution in [0.3, 0.4) is 0 Å². The van der Waals surface area contributed by atoms with Gasteiger partial charge in [-0.1, -0.05) is 25.7 Å². The Hall–Kier alpha value is 1.59. The molecule has 0 rings (SSSR count). The first-order chi connectivity index (χ1) is 5.63. The van der Waals surface area contributed by atoms with E-state index in [9.17, 15) is 0 Å². The number of hydrogen-bond acceptors (Lipinski definition) is 0. The Labute approximate surface area is 96.6 Å². The van der Waals surface area contributed by atoms with Gasteiger partial charge in [-0.05, 0) is 12.1 Å². The molecule has 0 aliphatic heterocycles. The van der Waals surface area contributed by atoms with Gasteiger partial charge >= 0.3 is 0 Å². The molecule has 0 spiro atoms. The first-order valence-electron chi connectivity index (χ1n) is 4.19. The highest BCUT2D eigenvalue weighted by Crippen LogP contribution is 2.14. The molecular weight excluding hydrogens is 270 g/mol. The summed E-state index contributed by atoms with van der Waals surface area (Å²) in [5.41, 5.74) is 0. The molecule has 6 heteroatoms. The Balaban J connectivity index is 2.91. The molecule has 0 heterocycles. The van der Waals surface area contributed by atoms with Crippen LogP contribution in [0.1, 0.15) is 25.7 Å². The number of unbranched alkanes of at least 4 members (excludes halogenated alkanes) is 3. The summed E-state index contributed by atoms with van der Waals surface area (Å²) in [5, 5.41) is 0. The van der Waals surface area contributed by atoms with Gasteiger partial charge in [-0.25, -0.2) is 0 Å². The summed E-state index contributed by atoms with van der Waals surface area (Å²) >= 11 is 22.8. The maximum Gasteiger partial charge on any atom is 0.237 e. The van der Waals surface area contributed by atoms with E-state index in [1.54, 1.807) is 0 Å². The minimum absolute atomic E-state index is 1.03. The Morgan fingerprint density at radius 3 is 1.17 bits per heavy atom. The monoisotopic (exact) mass is 282 g/mol. The average Bonchev–Trinajstić information content (AvgIpc) is 1.95. The van der Waals surface area contributed by atoms with Crippen molar-refractivity contribution in [3.8, 4) is 0 Å². The maximum atomic E-state index is 5.71. The highest BCUT2D eigenvalue weighted by Gasteiger charge is 2.02. The predicted octanol–water partition coefficient (Wildman–Crippen LogP) is 3.94. The Morgan fingerprint density at radius 2 is 0.917 bits per heavy atom. The van der Waals surface area contributed by atoms with Gasteiger partial charge in [0.05, 0.1) is 0 Å². The van der Waals surface area contributed by atoms with Crippen molar-refractivity contribution in [1.82, 2.24) is 0 Å². The standard InChI is InChI=1S/C6H14Cl4Si2/c7-11(8)5-3-1-2-4-6-12(9)10/h11-12H,1-6H2. The van der Waals surface area contributed by atoms with Gasteiger partial charge in [-0.2, -0.15) is 44.3 Å². The molecule has 0 N–H and O–H groups in total. The molecule has 0 atom stereocenters. The summed E-state index contributed by atoms with van der Waals surface area (Å²) in [6, 6.07) is 2.07. The van der Waals surface area contributed by atoms with Gasteiger partial charge in [0.15, 0.2) is 0 Å². The van der Waals surface area contributed by atoms with Crippen LogP contribution in [0.15, 0.2) is 0 Å². The molecule has 0 amide bonds. The van der Waals surface area contributed by atoms with Crippen LogP contribution in [0.4, 0.5) is 0 Å². The largest absolute Gasteiger partial charge is 0.237 e. The van der Waals surface area contributed by atoms with Gasteiger partial charge in [-0.3, -0.25) is 0 Å². The van der Waals surface area contributed by atoms with Crippen molar-refractivity contribution < 1.29 is 0 Å². The quantitative estimate of drug-likeness (QED) is 0.377. The average molecular weight is 284 g/mol. The molecule has 12 heavy (non-hydrogen) atoms. The van der Waals surface area contributed by atoms with Gasteiger partial charge < -0.3 is 0 Å². The highest BCUT2D eigenvalue weighted by molar-refractivity contribution is 7.34. The van der Waals surface area contributed by atoms with Crippen LogP contribution in [0, 0.1) is 0 Å². The summed E-state index contributed by atoms with van der Waals surface area (Å²) in [4.78, 5) is 0. The number of halogens is 4. The van der Waals surface area contributed by atoms with Gasteiger partial charge in [0.25, 0.3) is 0 Å². The van der Waals surface area contributed by atoms with Crippen LogP contribution >= 0.6 is 44.3 Å². The molecule has 0 saturated carbocycles. The fourth-order valence-corrected chi connectivity index (χ4v) is 4.00. The van der Waals surface area contributed by atoms with Crippen molar-refractivity contribution in [3.63, 3.8) is 0 Å². The minimum atomic E-state index is -1.34. The second kappa shape index (κ2) is 9.16. The molecule has 0 aromatic carbocycles. The second-order valence-corrected chi connectivity index (χ2v) is 13.2. The summed E-state index contributed by atoms with van der Waals surface area (Å²) in [6.07, 6.45) is 4.77. The first-order valence-corrected chi connectivity index (χ1v) is 12.8. The van der Waals surface area contributed by atoms with Gasteiger partial charge in [-0.15, -0.1) is 0 Å². The molecule has 0 aromatic heterocycles. The number of rotatable bonds is 7. The zero-order valence-corrected chi connectivity index (χ0v) is 12.2. The molecular formula is C6H14Cl4Si2. The summed E-state index contributed by atoms with van der Waals surface area (Å²) in [5.74, 6) is 0. The molecule has 0 fully saturated rings. The Bertz CT molecular complexity index is 87.5. The van der Waals surface area contributed by atoms with Crippen LogP contribution in [-0.2, 0) is 0 Å². The van der Waals surface area contributed by atoms with E-state index in [2.05, 4.69) is 0 Å². The van der Waals surface area contributed by atoms with Gasteiger partial charge in [0.2, 0.25) is 14.8 Å². The molecule has 0 aliphatic rings. The van der Waals surface area contributed by atoms with Crippen LogP contribution in [0.25, 0.3) is 0 Å². The van der Waals surface area contributed by atoms with Crippen LogP contribution in [-0.4, -0.2) is 14.8 Å². The molecule has 0 nitrogen and oxygen atoms in total. The smallest absolute Gasteiger partial charge is 0.150 e. The van der Waals surface area contributed by atoms with E-state index in [1.807, 2.05) is 0 Å². The Kier molecular flexibility index (Phi) is 10.4. The van der Waals surface area contributed by atoms with E-state index >= 15 is 0 Å². The molecule has 0 unspecified atom stereocenters. The van der Waals surface area contributed by atoms with Crippen molar-refractivity contribution in [2.24, 2.45) is 0 Å². The SMILES string of the molecule is Cl[SiH](Cl)CCCCCC[SiH](Cl)Cl. The lowest BCUT2D eigenvalue weighted by atomic mass is 10.2. The third-order valence-corrected chi connectivity index (χ3v) is 5.90. The van der Waals surface area contributed by atoms with E-state index in [-0.39, 0.29) is 0 Å². The third-order valence-electron chi connectivity index (χ3n) is 1.59. The molecule has 74 valence electrons. The fraction of sp³-hybridized carbons (Fsp3) is 1.00. The third kappa shape index (κ3) is 11.6. The zero-order chi connectivity index (χ0) is 9.40. The Morgan fingerprint density at radius 1 is 0.583 bits per heavy atom. The second-order valence-electron chi connectivity index (χ2n) is 2.77. The lowest BCUT2D eigenvalue weighted by Gasteiger charge is -2.00. The number of hydrogen-bond donors (Lipinski definition) is 0. The maximum absolute atomic E-state index is 5.71. The fourth-order valence-electron chi connectivity index (χ4n) is 0.951. The topological polar surface area (TPSA) is 0 Å². The van der Waals surface area contributed by atoms with Gasteiger partial charge in [0.1, 0.15) is 0 Å². The molecule has 0 saturated heterocycles. The van der Waals surface area contributed by atoms with E-state index in [0.717, 1.165) is 12.1 Å². The lowest BCUT2D eigenvalue weighted by molar-refractivity contribution is 0.699. The van der Waals surface area contributed by atoms with E-state index in [4.69, 9.17) is 44.3 Å². The van der Waals surface area contributed by atoms with Crippen molar-refractivity contribution in [1.29, 1.82) is 0 Å². The van der Waals surface area contributed by atoms with E-state index in [1.165, 1.54) is 25.7 Å². The van der Waals surface area contributed by atoms with Crippen molar-refractivity contribution in [2.75, 3.05) is 0 Å². The van der Waals surface area contributed by atoms with E-state index < -0.39 is 14.8 Å². The molecule has 0 bridgehead atoms. The summed E-state index contributed by atoms with van der Waals surface area (Å²) in [6.45, 7) is 0. The van der Waals surface area contributed by atoms with Crippen molar-refractivity contribution in [3.05, 3.63) is 0 Å². The van der Waals surface area contributed by atoms with Gasteiger partial charge in [0, 0.05) is 0 Å². The highest BCUT2D eigenvalue weighted by atomic mass is 35.7. The molecule has 0 aromatic rings. The minimum Gasteiger partial charge on any atom is -0.150 e. The van der Waals surface area contributed by atoms with Crippen LogP contribution in [0.2, 0.25) is 12.1 Å². The predicted molar refractivity (Wildman–Crippen MR) is 65.8 cm³/mol. The normalized spacial score (nSPS) is 11.5. The van der Waals surface area contributed by atoms with E-state index in [0.29, 0.717) is 0 Å². The molecule has 0 radical (unpaired) electrons. The van der Waals surface area contributed by atoms with Crippen LogP contribution < -0.4 is 0 Å². The summed E-state index contributed by atoms with van der Waals surface area (Å²) in [7, 11) is -2.68. The van der Waals surface area contributed by atoms with Crippen LogP contribution in [0.5, 0.6) is 0 Å². The first kappa shape index (κ1) is 13.6. The zero-order valence-electron chi connectivity index (χ0n) is 6.91. The van der Waals surface area contributed by atoms with Crippen molar-refractivity contribution >= 4 is 59.1 Å². The van der Waals surface area contributed by atoms with Crippen molar-refractivity contribution in [2.45, 2.75) is 37.8 Å². The lowest BCUT2D eigenvalue weighted by Crippen LogP contribution is -1.93.